The highest BCUT2D eigenvalue weighted by atomic mass is 35.5. The largest absolute Gasteiger partial charge is 0.351 e. The molecule has 2 aromatic heterocycles. The Morgan fingerprint density at radius 1 is 1.27 bits per heavy atom. The van der Waals surface area contributed by atoms with Gasteiger partial charge in [0, 0.05) is 48.7 Å². The first-order valence-corrected chi connectivity index (χ1v) is 14.1. The van der Waals surface area contributed by atoms with Crippen LogP contribution < -0.4 is 4.90 Å². The van der Waals surface area contributed by atoms with Gasteiger partial charge in [0.25, 0.3) is 0 Å². The lowest BCUT2D eigenvalue weighted by Crippen LogP contribution is -2.57. The Hall–Kier alpha value is -4.00. The van der Waals surface area contributed by atoms with Crippen molar-refractivity contribution in [2.24, 2.45) is 0 Å². The van der Waals surface area contributed by atoms with Gasteiger partial charge in [-0.15, -0.1) is 0 Å². The van der Waals surface area contributed by atoms with Crippen molar-refractivity contribution in [2.45, 2.75) is 37.4 Å². The predicted octanol–water partition coefficient (Wildman–Crippen LogP) is 5.43. The van der Waals surface area contributed by atoms with Gasteiger partial charge < -0.3 is 19.3 Å². The quantitative estimate of drug-likeness (QED) is 0.287. The Bertz CT molecular complexity index is 1690. The first-order chi connectivity index (χ1) is 19.8. The van der Waals surface area contributed by atoms with Gasteiger partial charge in [-0.3, -0.25) is 4.79 Å². The maximum absolute atomic E-state index is 16.4. The Morgan fingerprint density at radius 3 is 2.71 bits per heavy atom. The van der Waals surface area contributed by atoms with Crippen LogP contribution in [0.15, 0.2) is 55.4 Å². The first-order valence-electron chi connectivity index (χ1n) is 13.8. The van der Waals surface area contributed by atoms with Gasteiger partial charge in [-0.2, -0.15) is 5.26 Å². The summed E-state index contributed by atoms with van der Waals surface area (Å²) in [5.74, 6) is 0.0112. The van der Waals surface area contributed by atoms with E-state index in [-0.39, 0.29) is 29.9 Å². The van der Waals surface area contributed by atoms with Crippen molar-refractivity contribution >= 4 is 45.3 Å². The molecule has 8 nitrogen and oxygen atoms in total. The standard InChI is InChI=1S/C31H31ClFN7O/c1-4-25(41)39-13-11-21(14-20(39)10-12-34)40-18-35-29-30(40)23-15-24(32)26(19-8-6-5-7-9-19)27(33)28(23)36-31(29)38-16-22(17-38)37(2)3/h4-9,15,18,20-22H,1,10-11,13-14,16-17H2,2-3H3. The Labute approximate surface area is 243 Å². The second-order valence-corrected chi connectivity index (χ2v) is 11.5. The lowest BCUT2D eigenvalue weighted by Gasteiger charge is -2.43. The molecule has 2 saturated heterocycles. The number of halogens is 2. The van der Waals surface area contributed by atoms with Crippen molar-refractivity contribution in [1.82, 2.24) is 24.3 Å². The Kier molecular flexibility index (Phi) is 7.14. The minimum atomic E-state index is -0.465. The molecule has 41 heavy (non-hydrogen) atoms. The molecule has 2 aromatic carbocycles. The van der Waals surface area contributed by atoms with Crippen molar-refractivity contribution in [2.75, 3.05) is 38.6 Å². The summed E-state index contributed by atoms with van der Waals surface area (Å²) in [5.41, 5.74) is 2.72. The number of anilines is 1. The van der Waals surface area contributed by atoms with Crippen molar-refractivity contribution < 1.29 is 9.18 Å². The first kappa shape index (κ1) is 27.2. The summed E-state index contributed by atoms with van der Waals surface area (Å²) in [6, 6.07) is 13.4. The number of nitriles is 1. The van der Waals surface area contributed by atoms with Crippen LogP contribution in [0.5, 0.6) is 0 Å². The number of imidazole rings is 1. The molecule has 2 aliphatic heterocycles. The molecule has 0 N–H and O–H groups in total. The average Bonchev–Trinajstić information content (AvgIpc) is 3.39. The molecule has 10 heteroatoms. The third-order valence-corrected chi connectivity index (χ3v) is 8.79. The highest BCUT2D eigenvalue weighted by Gasteiger charge is 2.35. The Balaban J connectivity index is 1.53. The fourth-order valence-corrected chi connectivity index (χ4v) is 6.46. The van der Waals surface area contributed by atoms with E-state index in [2.05, 4.69) is 41.1 Å². The number of rotatable bonds is 6. The normalized spacial score (nSPS) is 19.5. The molecule has 0 bridgehead atoms. The number of aromatic nitrogens is 3. The second kappa shape index (κ2) is 10.8. The number of carbonyl (C=O) groups is 1. The van der Waals surface area contributed by atoms with E-state index in [1.165, 1.54) is 6.08 Å². The number of carbonyl (C=O) groups excluding carboxylic acids is 1. The molecular formula is C31H31ClFN7O. The zero-order chi connectivity index (χ0) is 28.8. The number of likely N-dealkylation sites (tertiary alicyclic amines) is 1. The van der Waals surface area contributed by atoms with Crippen LogP contribution in [0.2, 0.25) is 5.02 Å². The molecular weight excluding hydrogens is 541 g/mol. The number of piperidine rings is 1. The molecule has 4 heterocycles. The van der Waals surface area contributed by atoms with E-state index in [9.17, 15) is 10.1 Å². The summed E-state index contributed by atoms with van der Waals surface area (Å²) in [6.45, 7) is 5.64. The summed E-state index contributed by atoms with van der Waals surface area (Å²) in [5, 5.41) is 10.4. The van der Waals surface area contributed by atoms with Crippen LogP contribution in [0.4, 0.5) is 10.2 Å². The molecule has 2 aliphatic rings. The minimum absolute atomic E-state index is 0.0489. The van der Waals surface area contributed by atoms with Crippen LogP contribution in [-0.2, 0) is 4.79 Å². The van der Waals surface area contributed by atoms with Crippen LogP contribution in [0, 0.1) is 17.1 Å². The van der Waals surface area contributed by atoms with Crippen LogP contribution in [0.1, 0.15) is 25.3 Å². The molecule has 1 amide bonds. The smallest absolute Gasteiger partial charge is 0.246 e. The van der Waals surface area contributed by atoms with Crippen molar-refractivity contribution in [3.05, 3.63) is 66.2 Å². The van der Waals surface area contributed by atoms with E-state index in [1.54, 1.807) is 17.3 Å². The molecule has 210 valence electrons. The minimum Gasteiger partial charge on any atom is -0.351 e. The number of amides is 1. The van der Waals surface area contributed by atoms with E-state index in [0.29, 0.717) is 58.3 Å². The topological polar surface area (TPSA) is 81.3 Å². The van der Waals surface area contributed by atoms with Crippen LogP contribution in [0.25, 0.3) is 33.1 Å². The molecule has 6 rings (SSSR count). The van der Waals surface area contributed by atoms with Crippen LogP contribution in [0.3, 0.4) is 0 Å². The third-order valence-electron chi connectivity index (χ3n) is 8.49. The predicted molar refractivity (Wildman–Crippen MR) is 159 cm³/mol. The van der Waals surface area contributed by atoms with Crippen molar-refractivity contribution in [3.8, 4) is 17.2 Å². The van der Waals surface area contributed by atoms with Crippen molar-refractivity contribution in [1.29, 1.82) is 5.26 Å². The Morgan fingerprint density at radius 2 is 2.02 bits per heavy atom. The summed E-state index contributed by atoms with van der Waals surface area (Å²) in [6.07, 6.45) is 4.54. The molecule has 2 fully saturated rings. The molecule has 0 saturated carbocycles. The number of fused-ring (bicyclic) bond motifs is 3. The van der Waals surface area contributed by atoms with E-state index >= 15 is 4.39 Å². The fourth-order valence-electron chi connectivity index (χ4n) is 6.16. The molecule has 0 spiro atoms. The molecule has 2 atom stereocenters. The van der Waals surface area contributed by atoms with E-state index in [0.717, 1.165) is 18.6 Å². The third kappa shape index (κ3) is 4.61. The number of likely N-dealkylation sites (N-methyl/N-ethyl adjacent to an activating group) is 1. The maximum atomic E-state index is 16.4. The van der Waals surface area contributed by atoms with E-state index in [1.807, 2.05) is 30.3 Å². The summed E-state index contributed by atoms with van der Waals surface area (Å²) < 4.78 is 18.5. The van der Waals surface area contributed by atoms with Gasteiger partial charge in [-0.05, 0) is 44.6 Å². The molecule has 0 radical (unpaired) electrons. The van der Waals surface area contributed by atoms with Crippen LogP contribution in [-0.4, -0.2) is 76.1 Å². The van der Waals surface area contributed by atoms with Gasteiger partial charge in [-0.1, -0.05) is 48.5 Å². The van der Waals surface area contributed by atoms with Gasteiger partial charge in [0.2, 0.25) is 5.91 Å². The van der Waals surface area contributed by atoms with Crippen molar-refractivity contribution in [3.63, 3.8) is 0 Å². The zero-order valence-electron chi connectivity index (χ0n) is 23.1. The highest BCUT2D eigenvalue weighted by molar-refractivity contribution is 6.34. The number of hydrogen-bond acceptors (Lipinski definition) is 6. The number of benzene rings is 2. The summed E-state index contributed by atoms with van der Waals surface area (Å²) >= 11 is 6.77. The van der Waals surface area contributed by atoms with Gasteiger partial charge in [0.15, 0.2) is 11.6 Å². The average molecular weight is 572 g/mol. The highest BCUT2D eigenvalue weighted by Crippen LogP contribution is 2.42. The number of hydrogen-bond donors (Lipinski definition) is 0. The number of pyridine rings is 1. The van der Waals surface area contributed by atoms with Gasteiger partial charge >= 0.3 is 0 Å². The summed E-state index contributed by atoms with van der Waals surface area (Å²) in [7, 11) is 4.10. The van der Waals surface area contributed by atoms with Gasteiger partial charge in [-0.25, -0.2) is 14.4 Å². The monoisotopic (exact) mass is 571 g/mol. The lowest BCUT2D eigenvalue weighted by molar-refractivity contribution is -0.130. The van der Waals surface area contributed by atoms with E-state index in [4.69, 9.17) is 21.6 Å². The second-order valence-electron chi connectivity index (χ2n) is 11.0. The lowest BCUT2D eigenvalue weighted by atomic mass is 9.94. The maximum Gasteiger partial charge on any atom is 0.246 e. The number of nitrogens with zero attached hydrogens (tertiary/aromatic N) is 7. The van der Waals surface area contributed by atoms with Gasteiger partial charge in [0.05, 0.1) is 29.4 Å². The van der Waals surface area contributed by atoms with Crippen LogP contribution >= 0.6 is 11.6 Å². The molecule has 4 aromatic rings. The van der Waals surface area contributed by atoms with Gasteiger partial charge in [0.1, 0.15) is 11.0 Å². The summed E-state index contributed by atoms with van der Waals surface area (Å²) in [4.78, 5) is 28.2. The van der Waals surface area contributed by atoms with E-state index < -0.39 is 5.82 Å². The zero-order valence-corrected chi connectivity index (χ0v) is 23.9. The molecule has 0 aliphatic carbocycles. The SMILES string of the molecule is C=CC(=O)N1CCC(n2cnc3c(N4CC(N(C)C)C4)nc4c(F)c(-c5ccccc5)c(Cl)cc4c32)CC1CC#N. The molecule has 2 unspecified atom stereocenters. The fraction of sp³-hybridized carbons (Fsp3) is 0.355.